The summed E-state index contributed by atoms with van der Waals surface area (Å²) in [6, 6.07) is 0. The smallest absolute Gasteiger partial charge is 0.427 e. The molecule has 0 N–H and O–H groups in total. The number of aromatic nitrogens is 2. The van der Waals surface area contributed by atoms with E-state index < -0.39 is 29.4 Å². The highest BCUT2D eigenvalue weighted by atomic mass is 16.6. The summed E-state index contributed by atoms with van der Waals surface area (Å²) < 4.78 is 15.0. The highest BCUT2D eigenvalue weighted by molar-refractivity contribution is 6.08. The van der Waals surface area contributed by atoms with Crippen LogP contribution >= 0.6 is 0 Å². The lowest BCUT2D eigenvalue weighted by molar-refractivity contribution is 0.0426. The second-order valence-corrected chi connectivity index (χ2v) is 7.06. The maximum atomic E-state index is 12.4. The lowest BCUT2D eigenvalue weighted by atomic mass is 10.2. The van der Waals surface area contributed by atoms with Crippen molar-refractivity contribution in [1.82, 2.24) is 9.97 Å². The Morgan fingerprint density at radius 1 is 0.880 bits per heavy atom. The van der Waals surface area contributed by atoms with Gasteiger partial charge in [-0.2, -0.15) is 0 Å². The SMILES string of the molecule is COC(=O)c1cnc(N(C(=O)OC(C)(C)C)C(=O)OC(C)(C)C)nc1. The number of rotatable bonds is 2. The van der Waals surface area contributed by atoms with Gasteiger partial charge in [-0.3, -0.25) is 0 Å². The second-order valence-electron chi connectivity index (χ2n) is 7.06. The maximum absolute atomic E-state index is 12.4. The molecule has 0 radical (unpaired) electrons. The number of hydrogen-bond acceptors (Lipinski definition) is 8. The second kappa shape index (κ2) is 7.45. The summed E-state index contributed by atoms with van der Waals surface area (Å²) in [7, 11) is 1.21. The number of hydrogen-bond donors (Lipinski definition) is 0. The Balaban J connectivity index is 3.19. The molecule has 1 aromatic heterocycles. The van der Waals surface area contributed by atoms with Crippen molar-refractivity contribution in [3.05, 3.63) is 18.0 Å². The Kier molecular flexibility index (Phi) is 6.06. The number of nitrogens with zero attached hydrogens (tertiary/aromatic N) is 3. The standard InChI is InChI=1S/C16H23N3O6/c1-15(2,3)24-13(21)19(14(22)25-16(4,5)6)12-17-8-10(9-18-12)11(20)23-7/h8-9H,1-7H3. The van der Waals surface area contributed by atoms with Crippen LogP contribution in [0, 0.1) is 0 Å². The zero-order valence-electron chi connectivity index (χ0n) is 15.4. The summed E-state index contributed by atoms with van der Waals surface area (Å²) in [6.45, 7) is 9.91. The van der Waals surface area contributed by atoms with Crippen molar-refractivity contribution in [3.63, 3.8) is 0 Å². The Hall–Kier alpha value is -2.71. The summed E-state index contributed by atoms with van der Waals surface area (Å²) in [6.07, 6.45) is 0.284. The summed E-state index contributed by atoms with van der Waals surface area (Å²) >= 11 is 0. The van der Waals surface area contributed by atoms with Crippen LogP contribution in [-0.2, 0) is 14.2 Å². The molecule has 9 heteroatoms. The van der Waals surface area contributed by atoms with E-state index >= 15 is 0 Å². The molecule has 138 valence electrons. The molecule has 0 saturated heterocycles. The van der Waals surface area contributed by atoms with Crippen molar-refractivity contribution < 1.29 is 28.6 Å². The van der Waals surface area contributed by atoms with E-state index in [1.165, 1.54) is 7.11 Å². The van der Waals surface area contributed by atoms with Gasteiger partial charge in [0.1, 0.15) is 11.2 Å². The van der Waals surface area contributed by atoms with E-state index in [1.54, 1.807) is 41.5 Å². The molecule has 0 aliphatic heterocycles. The summed E-state index contributed by atoms with van der Waals surface area (Å²) in [5.41, 5.74) is -1.62. The number of anilines is 1. The fourth-order valence-corrected chi connectivity index (χ4v) is 1.51. The number of methoxy groups -OCH3 is 1. The van der Waals surface area contributed by atoms with E-state index in [-0.39, 0.29) is 11.5 Å². The van der Waals surface area contributed by atoms with Crippen LogP contribution in [0.4, 0.5) is 15.5 Å². The highest BCUT2D eigenvalue weighted by Crippen LogP contribution is 2.18. The zero-order valence-corrected chi connectivity index (χ0v) is 15.4. The van der Waals surface area contributed by atoms with E-state index in [4.69, 9.17) is 9.47 Å². The Morgan fingerprint density at radius 3 is 1.60 bits per heavy atom. The van der Waals surface area contributed by atoms with Gasteiger partial charge in [-0.1, -0.05) is 0 Å². The minimum Gasteiger partial charge on any atom is -0.465 e. The third kappa shape index (κ3) is 6.36. The van der Waals surface area contributed by atoms with Crippen LogP contribution in [0.25, 0.3) is 0 Å². The molecule has 1 rings (SSSR count). The lowest BCUT2D eigenvalue weighted by Crippen LogP contribution is -2.44. The fourth-order valence-electron chi connectivity index (χ4n) is 1.51. The number of ether oxygens (including phenoxy) is 3. The number of carbonyl (C=O) groups is 3. The van der Waals surface area contributed by atoms with Crippen molar-refractivity contribution in [2.24, 2.45) is 0 Å². The van der Waals surface area contributed by atoms with Crippen molar-refractivity contribution in [3.8, 4) is 0 Å². The van der Waals surface area contributed by atoms with Gasteiger partial charge in [-0.15, -0.1) is 4.90 Å². The Labute approximate surface area is 146 Å². The third-order valence-electron chi connectivity index (χ3n) is 2.41. The quantitative estimate of drug-likeness (QED) is 0.590. The van der Waals surface area contributed by atoms with Gasteiger partial charge >= 0.3 is 18.2 Å². The van der Waals surface area contributed by atoms with Gasteiger partial charge in [0, 0.05) is 12.4 Å². The van der Waals surface area contributed by atoms with E-state index in [9.17, 15) is 14.4 Å². The van der Waals surface area contributed by atoms with Gasteiger partial charge in [0.25, 0.3) is 0 Å². The maximum Gasteiger partial charge on any atom is 0.427 e. The van der Waals surface area contributed by atoms with Crippen LogP contribution in [0.3, 0.4) is 0 Å². The molecule has 0 bridgehead atoms. The number of amides is 2. The van der Waals surface area contributed by atoms with E-state index in [0.717, 1.165) is 12.4 Å². The summed E-state index contributed by atoms with van der Waals surface area (Å²) in [5, 5.41) is 0. The molecule has 2 amide bonds. The van der Waals surface area contributed by atoms with Gasteiger partial charge < -0.3 is 14.2 Å². The van der Waals surface area contributed by atoms with E-state index in [2.05, 4.69) is 14.7 Å². The monoisotopic (exact) mass is 353 g/mol. The molecule has 0 unspecified atom stereocenters. The van der Waals surface area contributed by atoms with Crippen LogP contribution in [0.15, 0.2) is 12.4 Å². The third-order valence-corrected chi connectivity index (χ3v) is 2.41. The van der Waals surface area contributed by atoms with Crippen molar-refractivity contribution in [1.29, 1.82) is 0 Å². The van der Waals surface area contributed by atoms with E-state index in [0.29, 0.717) is 4.90 Å². The van der Waals surface area contributed by atoms with Gasteiger partial charge in [0.2, 0.25) is 5.95 Å². The average molecular weight is 353 g/mol. The van der Waals surface area contributed by atoms with Gasteiger partial charge in [-0.05, 0) is 41.5 Å². The van der Waals surface area contributed by atoms with Crippen molar-refractivity contribution in [2.75, 3.05) is 12.0 Å². The zero-order chi connectivity index (χ0) is 19.4. The highest BCUT2D eigenvalue weighted by Gasteiger charge is 2.34. The molecule has 1 heterocycles. The molecule has 0 fully saturated rings. The van der Waals surface area contributed by atoms with Gasteiger partial charge in [-0.25, -0.2) is 24.4 Å². The van der Waals surface area contributed by atoms with Gasteiger partial charge in [0.05, 0.1) is 12.7 Å². The lowest BCUT2D eigenvalue weighted by Gasteiger charge is -2.27. The van der Waals surface area contributed by atoms with Crippen LogP contribution in [-0.4, -0.2) is 46.4 Å². The molecular formula is C16H23N3O6. The Morgan fingerprint density at radius 2 is 1.28 bits per heavy atom. The molecule has 0 aliphatic carbocycles. The summed E-state index contributed by atoms with van der Waals surface area (Å²) in [5.74, 6) is -0.927. The average Bonchev–Trinajstić information content (AvgIpc) is 2.43. The molecule has 0 atom stereocenters. The first kappa shape index (κ1) is 20.3. The van der Waals surface area contributed by atoms with Crippen LogP contribution in [0.1, 0.15) is 51.9 Å². The minimum atomic E-state index is -0.993. The largest absolute Gasteiger partial charge is 0.465 e. The van der Waals surface area contributed by atoms with E-state index in [1.807, 2.05) is 0 Å². The molecule has 1 aromatic rings. The van der Waals surface area contributed by atoms with Crippen LogP contribution in [0.5, 0.6) is 0 Å². The fraction of sp³-hybridized carbons (Fsp3) is 0.562. The first-order valence-corrected chi connectivity index (χ1v) is 7.50. The normalized spacial score (nSPS) is 11.5. The molecule has 0 aliphatic rings. The van der Waals surface area contributed by atoms with Crippen molar-refractivity contribution in [2.45, 2.75) is 52.7 Å². The first-order chi connectivity index (χ1) is 11.3. The molecule has 9 nitrogen and oxygen atoms in total. The molecule has 0 aromatic carbocycles. The molecule has 25 heavy (non-hydrogen) atoms. The number of carbonyl (C=O) groups excluding carboxylic acids is 3. The molecule has 0 saturated carbocycles. The van der Waals surface area contributed by atoms with Crippen molar-refractivity contribution >= 4 is 24.1 Å². The molecule has 0 spiro atoms. The van der Waals surface area contributed by atoms with Gasteiger partial charge in [0.15, 0.2) is 0 Å². The number of esters is 1. The predicted octanol–water partition coefficient (Wildman–Crippen LogP) is 2.94. The van der Waals surface area contributed by atoms with Crippen LogP contribution in [0.2, 0.25) is 0 Å². The number of imide groups is 1. The van der Waals surface area contributed by atoms with Crippen LogP contribution < -0.4 is 4.90 Å². The predicted molar refractivity (Wildman–Crippen MR) is 88.3 cm³/mol. The first-order valence-electron chi connectivity index (χ1n) is 7.50. The molecular weight excluding hydrogens is 330 g/mol. The summed E-state index contributed by atoms with van der Waals surface area (Å²) in [4.78, 5) is 44.5. The topological polar surface area (TPSA) is 108 Å². The Bertz CT molecular complexity index is 615. The minimum absolute atomic E-state index is 0.0691.